The quantitative estimate of drug-likeness (QED) is 0.768. The number of hydrogen-bond acceptors (Lipinski definition) is 4. The van der Waals surface area contributed by atoms with Crippen LogP contribution in [0, 0.1) is 5.92 Å². The van der Waals surface area contributed by atoms with Crippen molar-refractivity contribution in [2.45, 2.75) is 19.2 Å². The highest BCUT2D eigenvalue weighted by molar-refractivity contribution is 5.91. The van der Waals surface area contributed by atoms with Gasteiger partial charge in [-0.15, -0.1) is 13.2 Å². The maximum Gasteiger partial charge on any atom is 0.573 e. The maximum atomic E-state index is 12.1. The summed E-state index contributed by atoms with van der Waals surface area (Å²) in [5.74, 6) is -0.917. The maximum absolute atomic E-state index is 12.1. The van der Waals surface area contributed by atoms with Crippen LogP contribution in [0.5, 0.6) is 5.75 Å². The van der Waals surface area contributed by atoms with Gasteiger partial charge in [-0.1, -0.05) is 0 Å². The highest BCUT2D eigenvalue weighted by Crippen LogP contribution is 2.23. The summed E-state index contributed by atoms with van der Waals surface area (Å²) in [4.78, 5) is 24.5. The fraction of sp³-hybridized carbons (Fsp3) is 0.500. The van der Waals surface area contributed by atoms with Crippen molar-refractivity contribution in [2.75, 3.05) is 32.1 Å². The molecule has 0 saturated carbocycles. The average Bonchev–Trinajstić information content (AvgIpc) is 2.55. The Balaban J connectivity index is 1.78. The number of amides is 1. The van der Waals surface area contributed by atoms with Gasteiger partial charge in [0, 0.05) is 18.5 Å². The van der Waals surface area contributed by atoms with Gasteiger partial charge in [-0.25, -0.2) is 0 Å². The lowest BCUT2D eigenvalue weighted by molar-refractivity contribution is -0.897. The summed E-state index contributed by atoms with van der Waals surface area (Å²) in [5.41, 5.74) is 0.392. The van der Waals surface area contributed by atoms with Crippen LogP contribution in [0.1, 0.15) is 12.8 Å². The summed E-state index contributed by atoms with van der Waals surface area (Å²) in [6, 6.07) is 4.96. The van der Waals surface area contributed by atoms with Crippen molar-refractivity contribution in [1.29, 1.82) is 0 Å². The Hall–Kier alpha value is -2.29. The molecule has 1 aliphatic rings. The molecule has 1 fully saturated rings. The summed E-state index contributed by atoms with van der Waals surface area (Å²) in [7, 11) is 1.36. The van der Waals surface area contributed by atoms with E-state index in [-0.39, 0.29) is 30.1 Å². The first-order chi connectivity index (χ1) is 11.8. The van der Waals surface area contributed by atoms with E-state index in [0.29, 0.717) is 31.6 Å². The van der Waals surface area contributed by atoms with Gasteiger partial charge in [0.2, 0.25) is 0 Å². The largest absolute Gasteiger partial charge is 0.573 e. The lowest BCUT2D eigenvalue weighted by Crippen LogP contribution is -3.14. The number of benzene rings is 1. The third-order valence-corrected chi connectivity index (χ3v) is 4.01. The molecule has 0 unspecified atom stereocenters. The van der Waals surface area contributed by atoms with Gasteiger partial charge in [-0.2, -0.15) is 0 Å². The Morgan fingerprint density at radius 3 is 2.32 bits per heavy atom. The molecule has 25 heavy (non-hydrogen) atoms. The van der Waals surface area contributed by atoms with E-state index in [1.54, 1.807) is 0 Å². The first kappa shape index (κ1) is 19.0. The summed E-state index contributed by atoms with van der Waals surface area (Å²) in [5, 5.41) is 2.64. The average molecular weight is 361 g/mol. The number of carbonyl (C=O) groups excluding carboxylic acids is 2. The molecule has 1 saturated heterocycles. The topological polar surface area (TPSA) is 69.1 Å². The first-order valence-corrected chi connectivity index (χ1v) is 7.84. The van der Waals surface area contributed by atoms with E-state index in [9.17, 15) is 22.8 Å². The minimum Gasteiger partial charge on any atom is -0.469 e. The molecule has 1 aliphatic heterocycles. The molecule has 0 aliphatic carbocycles. The molecule has 2 N–H and O–H groups in total. The highest BCUT2D eigenvalue weighted by Gasteiger charge is 2.31. The predicted octanol–water partition coefficient (Wildman–Crippen LogP) is 0.992. The number of ether oxygens (including phenoxy) is 2. The van der Waals surface area contributed by atoms with E-state index in [4.69, 9.17) is 4.74 Å². The predicted molar refractivity (Wildman–Crippen MR) is 82.1 cm³/mol. The van der Waals surface area contributed by atoms with E-state index in [0.717, 1.165) is 17.0 Å². The molecule has 2 rings (SSSR count). The van der Waals surface area contributed by atoms with Crippen LogP contribution in [-0.4, -0.2) is 45.0 Å². The van der Waals surface area contributed by atoms with Crippen molar-refractivity contribution < 1.29 is 37.1 Å². The zero-order valence-electron chi connectivity index (χ0n) is 13.7. The van der Waals surface area contributed by atoms with Gasteiger partial charge < -0.3 is 19.7 Å². The van der Waals surface area contributed by atoms with E-state index < -0.39 is 6.36 Å². The third kappa shape index (κ3) is 6.26. The smallest absolute Gasteiger partial charge is 0.469 e. The van der Waals surface area contributed by atoms with Crippen LogP contribution in [-0.2, 0) is 14.3 Å². The fourth-order valence-corrected chi connectivity index (χ4v) is 2.78. The molecule has 6 nitrogen and oxygen atoms in total. The van der Waals surface area contributed by atoms with Crippen LogP contribution in [0.15, 0.2) is 24.3 Å². The molecule has 138 valence electrons. The van der Waals surface area contributed by atoms with Gasteiger partial charge >= 0.3 is 12.3 Å². The van der Waals surface area contributed by atoms with Gasteiger partial charge in [-0.3, -0.25) is 9.59 Å². The second kappa shape index (κ2) is 8.19. The molecule has 1 aromatic rings. The second-order valence-electron chi connectivity index (χ2n) is 5.84. The van der Waals surface area contributed by atoms with E-state index >= 15 is 0 Å². The van der Waals surface area contributed by atoms with E-state index in [2.05, 4.69) is 10.1 Å². The second-order valence-corrected chi connectivity index (χ2v) is 5.84. The summed E-state index contributed by atoms with van der Waals surface area (Å²) in [6.07, 6.45) is -3.41. The lowest BCUT2D eigenvalue weighted by Gasteiger charge is -2.27. The van der Waals surface area contributed by atoms with Crippen LogP contribution < -0.4 is 15.0 Å². The van der Waals surface area contributed by atoms with Crippen LogP contribution in [0.4, 0.5) is 18.9 Å². The van der Waals surface area contributed by atoms with Crippen molar-refractivity contribution in [1.82, 2.24) is 0 Å². The molecule has 1 heterocycles. The van der Waals surface area contributed by atoms with Gasteiger partial charge in [-0.05, 0) is 24.3 Å². The minimum absolute atomic E-state index is 0.113. The monoisotopic (exact) mass is 361 g/mol. The van der Waals surface area contributed by atoms with E-state index in [1.807, 2.05) is 0 Å². The van der Waals surface area contributed by atoms with Crippen molar-refractivity contribution in [2.24, 2.45) is 5.92 Å². The van der Waals surface area contributed by atoms with Crippen molar-refractivity contribution in [3.8, 4) is 5.75 Å². The van der Waals surface area contributed by atoms with Crippen molar-refractivity contribution >= 4 is 17.6 Å². The number of esters is 1. The molecule has 0 bridgehead atoms. The Morgan fingerprint density at radius 2 is 1.80 bits per heavy atom. The molecule has 1 amide bonds. The Labute approximate surface area is 142 Å². The zero-order valence-corrected chi connectivity index (χ0v) is 13.7. The minimum atomic E-state index is -4.75. The molecule has 0 aromatic heterocycles. The number of quaternary nitrogens is 1. The van der Waals surface area contributed by atoms with Crippen molar-refractivity contribution in [3.63, 3.8) is 0 Å². The SMILES string of the molecule is COC(=O)C1CC[NH+](CC(=O)Nc2ccc(OC(F)(F)F)cc2)CC1. The number of piperidine rings is 1. The van der Waals surface area contributed by atoms with Gasteiger partial charge in [0.15, 0.2) is 6.54 Å². The van der Waals surface area contributed by atoms with Crippen LogP contribution in [0.2, 0.25) is 0 Å². The molecule has 1 aromatic carbocycles. The molecule has 0 atom stereocenters. The summed E-state index contributed by atoms with van der Waals surface area (Å²) in [6.45, 7) is 1.60. The first-order valence-electron chi connectivity index (χ1n) is 7.84. The number of alkyl halides is 3. The number of nitrogens with one attached hydrogen (secondary N) is 2. The van der Waals surface area contributed by atoms with Gasteiger partial charge in [0.05, 0.1) is 26.1 Å². The molecule has 0 radical (unpaired) electrons. The number of halogens is 3. The third-order valence-electron chi connectivity index (χ3n) is 4.01. The molecule has 9 heteroatoms. The molecular weight excluding hydrogens is 341 g/mol. The summed E-state index contributed by atoms with van der Waals surface area (Å²) >= 11 is 0. The number of anilines is 1. The molecular formula is C16H20F3N2O4+. The van der Waals surface area contributed by atoms with Crippen LogP contribution in [0.25, 0.3) is 0 Å². The number of methoxy groups -OCH3 is 1. The number of carbonyl (C=O) groups is 2. The fourth-order valence-electron chi connectivity index (χ4n) is 2.78. The summed E-state index contributed by atoms with van der Waals surface area (Å²) < 4.78 is 44.8. The zero-order chi connectivity index (χ0) is 18.4. The van der Waals surface area contributed by atoms with E-state index in [1.165, 1.54) is 19.2 Å². The Kier molecular flexibility index (Phi) is 6.24. The lowest BCUT2D eigenvalue weighted by atomic mass is 9.97. The van der Waals surface area contributed by atoms with Gasteiger partial charge in [0.25, 0.3) is 5.91 Å². The standard InChI is InChI=1S/C16H19F3N2O4/c1-24-15(23)11-6-8-21(9-7-11)10-14(22)20-12-2-4-13(5-3-12)25-16(17,18)19/h2-5,11H,6-10H2,1H3,(H,20,22)/p+1. The molecule has 0 spiro atoms. The van der Waals surface area contributed by atoms with Crippen molar-refractivity contribution in [3.05, 3.63) is 24.3 Å². The van der Waals surface area contributed by atoms with Gasteiger partial charge in [0.1, 0.15) is 5.75 Å². The van der Waals surface area contributed by atoms with Crippen LogP contribution in [0.3, 0.4) is 0 Å². The number of hydrogen-bond donors (Lipinski definition) is 2. The normalized spacial score (nSPS) is 20.6. The number of likely N-dealkylation sites (tertiary alicyclic amines) is 1. The van der Waals surface area contributed by atoms with Crippen LogP contribution >= 0.6 is 0 Å². The Morgan fingerprint density at radius 1 is 1.20 bits per heavy atom. The Bertz CT molecular complexity index is 596. The highest BCUT2D eigenvalue weighted by atomic mass is 19.4. The number of rotatable bonds is 5.